The first-order valence-corrected chi connectivity index (χ1v) is 13.1. The number of imidazole rings is 1. The standard InChI is InChI=1S/C25H34ClF3N8O4/c1-13(2)36(9-5-8-33-24(40)35-14-6-7-16(26)15(10-14)25(27,28)29)11-17-19(38)20(39)23(41-17)37-12-34-18(21(30)31-3)22(37)32-4/h6-7,10,12-13,17,19-20,23,38-39H,4-5,8-9,11H2,1-3H3,(H2,30,31)(H2,33,35,40). The molecule has 2 aromatic rings. The van der Waals surface area contributed by atoms with E-state index in [0.29, 0.717) is 13.0 Å². The van der Waals surface area contributed by atoms with E-state index in [0.717, 1.165) is 12.1 Å². The summed E-state index contributed by atoms with van der Waals surface area (Å²) in [6.45, 7) is 8.40. The highest BCUT2D eigenvalue weighted by atomic mass is 35.5. The molecule has 0 spiro atoms. The molecule has 3 rings (SSSR count). The second kappa shape index (κ2) is 13.6. The fraction of sp³-hybridized carbons (Fsp3) is 0.520. The lowest BCUT2D eigenvalue weighted by atomic mass is 10.1. The highest BCUT2D eigenvalue weighted by molar-refractivity contribution is 6.31. The molecule has 0 radical (unpaired) electrons. The van der Waals surface area contributed by atoms with Gasteiger partial charge in [-0.2, -0.15) is 13.2 Å². The van der Waals surface area contributed by atoms with Crippen LogP contribution in [0.3, 0.4) is 0 Å². The molecule has 1 aliphatic rings. The Bertz CT molecular complexity index is 1260. The van der Waals surface area contributed by atoms with Gasteiger partial charge in [0.25, 0.3) is 0 Å². The van der Waals surface area contributed by atoms with E-state index in [-0.39, 0.29) is 42.2 Å². The number of halogens is 4. The van der Waals surface area contributed by atoms with E-state index < -0.39 is 47.3 Å². The number of carbonyl (C=O) groups excluding carboxylic acids is 1. The molecule has 226 valence electrons. The Labute approximate surface area is 240 Å². The number of aliphatic hydroxyl groups excluding tert-OH is 2. The number of amidine groups is 1. The average Bonchev–Trinajstić information content (AvgIpc) is 3.46. The van der Waals surface area contributed by atoms with Gasteiger partial charge in [-0.15, -0.1) is 0 Å². The molecule has 2 heterocycles. The van der Waals surface area contributed by atoms with Gasteiger partial charge in [-0.25, -0.2) is 14.8 Å². The Kier molecular flexibility index (Phi) is 10.7. The van der Waals surface area contributed by atoms with Crippen LogP contribution in [0.4, 0.5) is 29.5 Å². The van der Waals surface area contributed by atoms with Crippen LogP contribution in [0.2, 0.25) is 5.02 Å². The van der Waals surface area contributed by atoms with Crippen LogP contribution >= 0.6 is 11.6 Å². The number of hydrogen-bond donors (Lipinski definition) is 5. The molecule has 1 aliphatic heterocycles. The number of urea groups is 1. The highest BCUT2D eigenvalue weighted by Crippen LogP contribution is 2.36. The highest BCUT2D eigenvalue weighted by Gasteiger charge is 2.45. The van der Waals surface area contributed by atoms with Gasteiger partial charge in [0.15, 0.2) is 12.0 Å². The number of benzene rings is 1. The molecule has 1 aromatic heterocycles. The van der Waals surface area contributed by atoms with Gasteiger partial charge in [0.1, 0.15) is 29.8 Å². The lowest BCUT2D eigenvalue weighted by molar-refractivity contribution is -0.137. The molecule has 1 aromatic carbocycles. The van der Waals surface area contributed by atoms with Crippen LogP contribution in [0.15, 0.2) is 34.5 Å². The lowest BCUT2D eigenvalue weighted by Gasteiger charge is -2.30. The van der Waals surface area contributed by atoms with Crippen molar-refractivity contribution in [2.24, 2.45) is 15.7 Å². The first-order chi connectivity index (χ1) is 19.3. The number of aromatic nitrogens is 2. The molecule has 4 unspecified atom stereocenters. The van der Waals surface area contributed by atoms with Crippen molar-refractivity contribution < 1.29 is 32.9 Å². The van der Waals surface area contributed by atoms with Crippen molar-refractivity contribution >= 4 is 41.7 Å². The summed E-state index contributed by atoms with van der Waals surface area (Å²) in [6, 6.07) is 2.46. The van der Waals surface area contributed by atoms with Gasteiger partial charge in [-0.1, -0.05) is 11.6 Å². The third-order valence-corrected chi connectivity index (χ3v) is 6.92. The van der Waals surface area contributed by atoms with Gasteiger partial charge in [0.05, 0.1) is 16.9 Å². The maximum atomic E-state index is 13.1. The largest absolute Gasteiger partial charge is 0.417 e. The first kappa shape index (κ1) is 32.3. The van der Waals surface area contributed by atoms with Crippen molar-refractivity contribution in [3.63, 3.8) is 0 Å². The minimum Gasteiger partial charge on any atom is -0.387 e. The van der Waals surface area contributed by atoms with Gasteiger partial charge in [-0.3, -0.25) is 14.5 Å². The number of carbonyl (C=O) groups is 1. The minimum atomic E-state index is -4.65. The molecule has 0 bridgehead atoms. The Morgan fingerprint density at radius 3 is 2.66 bits per heavy atom. The monoisotopic (exact) mass is 602 g/mol. The zero-order valence-corrected chi connectivity index (χ0v) is 23.5. The number of hydrogen-bond acceptors (Lipinski definition) is 8. The predicted molar refractivity (Wildman–Crippen MR) is 149 cm³/mol. The number of nitrogens with zero attached hydrogens (tertiary/aromatic N) is 5. The zero-order valence-electron chi connectivity index (χ0n) is 22.8. The van der Waals surface area contributed by atoms with Gasteiger partial charge in [-0.05, 0) is 45.2 Å². The van der Waals surface area contributed by atoms with Crippen LogP contribution in [-0.2, 0) is 10.9 Å². The molecule has 4 atom stereocenters. The van der Waals surface area contributed by atoms with Crippen LogP contribution < -0.4 is 16.4 Å². The van der Waals surface area contributed by atoms with Crippen LogP contribution in [0.25, 0.3) is 0 Å². The fourth-order valence-electron chi connectivity index (χ4n) is 4.36. The molecule has 41 heavy (non-hydrogen) atoms. The number of ether oxygens (including phenoxy) is 1. The van der Waals surface area contributed by atoms with Crippen molar-refractivity contribution in [3.05, 3.63) is 40.8 Å². The van der Waals surface area contributed by atoms with Crippen molar-refractivity contribution in [1.29, 1.82) is 0 Å². The Hall–Kier alpha value is -3.24. The molecular weight excluding hydrogens is 569 g/mol. The van der Waals surface area contributed by atoms with E-state index in [2.05, 4.69) is 32.3 Å². The van der Waals surface area contributed by atoms with Crippen molar-refractivity contribution in [1.82, 2.24) is 19.8 Å². The maximum absolute atomic E-state index is 13.1. The molecule has 12 nitrogen and oxygen atoms in total. The number of amides is 2. The van der Waals surface area contributed by atoms with Crippen LogP contribution in [0.5, 0.6) is 0 Å². The number of nitrogens with two attached hydrogens (primary N) is 1. The summed E-state index contributed by atoms with van der Waals surface area (Å²) in [7, 11) is 1.50. The van der Waals surface area contributed by atoms with Gasteiger partial charge in [0.2, 0.25) is 0 Å². The van der Waals surface area contributed by atoms with Crippen LogP contribution in [-0.4, -0.2) is 94.3 Å². The van der Waals surface area contributed by atoms with E-state index in [1.807, 2.05) is 18.7 Å². The van der Waals surface area contributed by atoms with Crippen LogP contribution in [0.1, 0.15) is 37.8 Å². The Morgan fingerprint density at radius 2 is 2.05 bits per heavy atom. The summed E-state index contributed by atoms with van der Waals surface area (Å²) >= 11 is 5.61. The zero-order chi connectivity index (χ0) is 30.5. The number of aliphatic imine (C=N–C) groups is 2. The molecule has 1 fully saturated rings. The van der Waals surface area contributed by atoms with Crippen molar-refractivity contribution in [2.45, 2.75) is 57.0 Å². The van der Waals surface area contributed by atoms with Gasteiger partial charge >= 0.3 is 12.2 Å². The fourth-order valence-corrected chi connectivity index (χ4v) is 4.59. The van der Waals surface area contributed by atoms with E-state index >= 15 is 0 Å². The quantitative estimate of drug-likeness (QED) is 0.150. The number of rotatable bonds is 11. The topological polar surface area (TPSA) is 163 Å². The number of nitrogens with one attached hydrogen (secondary N) is 2. The van der Waals surface area contributed by atoms with E-state index in [1.165, 1.54) is 24.0 Å². The smallest absolute Gasteiger partial charge is 0.387 e. The second-order valence-electron chi connectivity index (χ2n) is 9.65. The maximum Gasteiger partial charge on any atom is 0.417 e. The Balaban J connectivity index is 1.55. The summed E-state index contributed by atoms with van der Waals surface area (Å²) in [4.78, 5) is 26.2. The van der Waals surface area contributed by atoms with Crippen molar-refractivity contribution in [3.8, 4) is 0 Å². The predicted octanol–water partition coefficient (Wildman–Crippen LogP) is 2.76. The van der Waals surface area contributed by atoms with E-state index in [4.69, 9.17) is 22.1 Å². The normalized spacial score (nSPS) is 21.5. The molecular formula is C25H34ClF3N8O4. The second-order valence-corrected chi connectivity index (χ2v) is 10.1. The molecule has 16 heteroatoms. The molecule has 0 aliphatic carbocycles. The van der Waals surface area contributed by atoms with Gasteiger partial charge < -0.3 is 31.3 Å². The molecule has 1 saturated heterocycles. The third kappa shape index (κ3) is 7.74. The summed E-state index contributed by atoms with van der Waals surface area (Å²) < 4.78 is 46.6. The average molecular weight is 603 g/mol. The molecule has 0 saturated carbocycles. The number of alkyl halides is 3. The summed E-state index contributed by atoms with van der Waals surface area (Å²) in [5.41, 5.74) is 5.04. The third-order valence-electron chi connectivity index (χ3n) is 6.59. The summed E-state index contributed by atoms with van der Waals surface area (Å²) in [5, 5.41) is 26.0. The minimum absolute atomic E-state index is 0.0245. The SMILES string of the molecule is C=Nc1c(C(N)=NC)ncn1C1OC(CN(CCCNC(=O)Nc2ccc(Cl)c(C(F)(F)F)c2)C(C)C)C(O)C1O. The van der Waals surface area contributed by atoms with Gasteiger partial charge in [0, 0.05) is 38.4 Å². The summed E-state index contributed by atoms with van der Waals surface area (Å²) in [6.07, 6.45) is -7.04. The molecule has 6 N–H and O–H groups in total. The van der Waals surface area contributed by atoms with E-state index in [1.54, 1.807) is 0 Å². The Morgan fingerprint density at radius 1 is 1.34 bits per heavy atom. The van der Waals surface area contributed by atoms with Crippen LogP contribution in [0, 0.1) is 0 Å². The number of aliphatic hydroxyl groups is 2. The van der Waals surface area contributed by atoms with Crippen molar-refractivity contribution in [2.75, 3.05) is 32.0 Å². The lowest BCUT2D eigenvalue weighted by Crippen LogP contribution is -2.44. The first-order valence-electron chi connectivity index (χ1n) is 12.7. The summed E-state index contributed by atoms with van der Waals surface area (Å²) in [5.74, 6) is 0.367. The van der Waals surface area contributed by atoms with E-state index in [9.17, 15) is 28.2 Å². The molecule has 2 amide bonds. The number of anilines is 1.